The summed E-state index contributed by atoms with van der Waals surface area (Å²) < 4.78 is 0.510. The molecule has 0 bridgehead atoms. The third-order valence-electron chi connectivity index (χ3n) is 2.19. The zero-order valence-corrected chi connectivity index (χ0v) is 11.4. The largest absolute Gasteiger partial charge is 0.477 e. The number of carboxylic acids is 1. The van der Waals surface area contributed by atoms with Crippen LogP contribution in [0.2, 0.25) is 0 Å². The lowest BCUT2D eigenvalue weighted by molar-refractivity contribution is 0.0701. The molecule has 1 amide bonds. The van der Waals surface area contributed by atoms with Crippen molar-refractivity contribution >= 4 is 35.0 Å². The lowest BCUT2D eigenvalue weighted by Gasteiger charge is -2.01. The number of nitrogens with two attached hydrogens (primary N) is 1. The second-order valence-electron chi connectivity index (χ2n) is 3.52. The van der Waals surface area contributed by atoms with E-state index in [0.29, 0.717) is 15.1 Å². The first-order valence-corrected chi connectivity index (χ1v) is 6.75. The van der Waals surface area contributed by atoms with Crippen molar-refractivity contribution in [3.63, 3.8) is 0 Å². The molecule has 0 aliphatic rings. The van der Waals surface area contributed by atoms with Crippen LogP contribution in [0.5, 0.6) is 0 Å². The monoisotopic (exact) mass is 295 g/mol. The Balaban J connectivity index is 2.34. The molecule has 3 N–H and O–H groups in total. The zero-order chi connectivity index (χ0) is 14.0. The van der Waals surface area contributed by atoms with Crippen LogP contribution in [-0.4, -0.2) is 27.0 Å². The fourth-order valence-corrected chi connectivity index (χ4v) is 3.39. The number of amides is 1. The summed E-state index contributed by atoms with van der Waals surface area (Å²) in [6.07, 6.45) is 1.54. The van der Waals surface area contributed by atoms with Crippen molar-refractivity contribution in [1.29, 1.82) is 0 Å². The van der Waals surface area contributed by atoms with Gasteiger partial charge in [0.05, 0.1) is 11.3 Å². The molecular formula is C11H9N3O3S2. The van der Waals surface area contributed by atoms with E-state index < -0.39 is 11.9 Å². The fraction of sp³-hybridized carbons (Fsp3) is 0.0909. The Morgan fingerprint density at radius 1 is 1.47 bits per heavy atom. The Hall–Kier alpha value is -1.93. The number of hydrogen-bond donors (Lipinski definition) is 2. The van der Waals surface area contributed by atoms with Gasteiger partial charge in [-0.3, -0.25) is 4.79 Å². The van der Waals surface area contributed by atoms with Crippen LogP contribution >= 0.6 is 23.1 Å². The lowest BCUT2D eigenvalue weighted by atomic mass is 10.3. The highest BCUT2D eigenvalue weighted by atomic mass is 32.2. The van der Waals surface area contributed by atoms with Crippen molar-refractivity contribution < 1.29 is 14.7 Å². The van der Waals surface area contributed by atoms with Gasteiger partial charge in [0.25, 0.3) is 5.91 Å². The van der Waals surface area contributed by atoms with E-state index in [0.717, 1.165) is 23.1 Å². The molecule has 0 fully saturated rings. The highest BCUT2D eigenvalue weighted by Crippen LogP contribution is 2.33. The minimum atomic E-state index is -1.02. The molecule has 0 aliphatic heterocycles. The van der Waals surface area contributed by atoms with E-state index in [4.69, 9.17) is 10.8 Å². The summed E-state index contributed by atoms with van der Waals surface area (Å²) in [6, 6.07) is 3.18. The Labute approximate surface area is 116 Å². The number of carboxylic acid groups (broad SMARTS) is 1. The van der Waals surface area contributed by atoms with Crippen LogP contribution in [0.4, 0.5) is 0 Å². The van der Waals surface area contributed by atoms with E-state index in [2.05, 4.69) is 9.97 Å². The second kappa shape index (κ2) is 5.37. The molecule has 19 heavy (non-hydrogen) atoms. The standard InChI is InChI=1S/C11H9N3O3S2/c1-5-7(10(16)17)18-11(14-5)19-9-6(8(12)15)3-2-4-13-9/h2-4H,1H3,(H2,12,15)(H,16,17). The summed E-state index contributed by atoms with van der Waals surface area (Å²) in [5.41, 5.74) is 5.98. The Kier molecular flexibility index (Phi) is 3.82. The summed E-state index contributed by atoms with van der Waals surface area (Å²) in [6.45, 7) is 1.62. The molecule has 0 unspecified atom stereocenters. The van der Waals surface area contributed by atoms with Crippen molar-refractivity contribution in [1.82, 2.24) is 9.97 Å². The predicted octanol–water partition coefficient (Wildman–Crippen LogP) is 1.79. The van der Waals surface area contributed by atoms with Gasteiger partial charge in [-0.15, -0.1) is 0 Å². The zero-order valence-electron chi connectivity index (χ0n) is 9.78. The minimum absolute atomic E-state index is 0.180. The fourth-order valence-electron chi connectivity index (χ4n) is 1.36. The normalized spacial score (nSPS) is 10.4. The van der Waals surface area contributed by atoms with Gasteiger partial charge in [-0.2, -0.15) is 0 Å². The predicted molar refractivity (Wildman–Crippen MR) is 70.7 cm³/mol. The summed E-state index contributed by atoms with van der Waals surface area (Å²) in [4.78, 5) is 30.6. The number of pyridine rings is 1. The van der Waals surface area contributed by atoms with Crippen LogP contribution in [0.1, 0.15) is 25.7 Å². The summed E-state index contributed by atoms with van der Waals surface area (Å²) in [5, 5.41) is 9.38. The van der Waals surface area contributed by atoms with Gasteiger partial charge in [0.2, 0.25) is 0 Å². The van der Waals surface area contributed by atoms with Crippen LogP contribution in [0.15, 0.2) is 27.7 Å². The van der Waals surface area contributed by atoms with E-state index in [1.54, 1.807) is 19.1 Å². The van der Waals surface area contributed by atoms with Gasteiger partial charge < -0.3 is 10.8 Å². The summed E-state index contributed by atoms with van der Waals surface area (Å²) >= 11 is 2.17. The summed E-state index contributed by atoms with van der Waals surface area (Å²) in [5.74, 6) is -1.60. The molecule has 2 aromatic heterocycles. The number of carbonyl (C=O) groups excluding carboxylic acids is 1. The van der Waals surface area contributed by atoms with Gasteiger partial charge in [0, 0.05) is 6.20 Å². The van der Waals surface area contributed by atoms with Gasteiger partial charge in [-0.1, -0.05) is 11.3 Å². The maximum absolute atomic E-state index is 11.3. The lowest BCUT2D eigenvalue weighted by Crippen LogP contribution is -2.12. The number of aromatic nitrogens is 2. The van der Waals surface area contributed by atoms with Crippen LogP contribution in [0.3, 0.4) is 0 Å². The van der Waals surface area contributed by atoms with Crippen LogP contribution in [0.25, 0.3) is 0 Å². The molecule has 98 valence electrons. The molecular weight excluding hydrogens is 286 g/mol. The highest BCUT2D eigenvalue weighted by molar-refractivity contribution is 8.01. The number of aryl methyl sites for hydroxylation is 1. The molecule has 0 spiro atoms. The van der Waals surface area contributed by atoms with Gasteiger partial charge in [-0.25, -0.2) is 14.8 Å². The van der Waals surface area contributed by atoms with Crippen molar-refractivity contribution in [2.24, 2.45) is 5.73 Å². The summed E-state index contributed by atoms with van der Waals surface area (Å²) in [7, 11) is 0. The average molecular weight is 295 g/mol. The Morgan fingerprint density at radius 3 is 2.79 bits per heavy atom. The van der Waals surface area contributed by atoms with Crippen LogP contribution in [0, 0.1) is 6.92 Å². The number of nitrogens with zero attached hydrogens (tertiary/aromatic N) is 2. The average Bonchev–Trinajstić information content (AvgIpc) is 2.71. The first-order valence-electron chi connectivity index (χ1n) is 5.12. The molecule has 0 saturated heterocycles. The molecule has 0 radical (unpaired) electrons. The molecule has 2 heterocycles. The molecule has 0 saturated carbocycles. The third-order valence-corrected chi connectivity index (χ3v) is 4.42. The number of aromatic carboxylic acids is 1. The van der Waals surface area contributed by atoms with E-state index in [1.165, 1.54) is 6.20 Å². The van der Waals surface area contributed by atoms with E-state index in [1.807, 2.05) is 0 Å². The molecule has 0 atom stereocenters. The second-order valence-corrected chi connectivity index (χ2v) is 5.76. The number of hydrogen-bond acceptors (Lipinski definition) is 6. The van der Waals surface area contributed by atoms with Crippen LogP contribution < -0.4 is 5.73 Å². The van der Waals surface area contributed by atoms with Crippen LogP contribution in [-0.2, 0) is 0 Å². The van der Waals surface area contributed by atoms with Crippen molar-refractivity contribution in [3.05, 3.63) is 34.5 Å². The molecule has 8 heteroatoms. The van der Waals surface area contributed by atoms with Gasteiger partial charge >= 0.3 is 5.97 Å². The topological polar surface area (TPSA) is 106 Å². The van der Waals surface area contributed by atoms with E-state index in [-0.39, 0.29) is 10.4 Å². The number of carbonyl (C=O) groups is 2. The van der Waals surface area contributed by atoms with E-state index in [9.17, 15) is 9.59 Å². The molecule has 0 aliphatic carbocycles. The van der Waals surface area contributed by atoms with E-state index >= 15 is 0 Å². The Morgan fingerprint density at radius 2 is 2.21 bits per heavy atom. The molecule has 2 aromatic rings. The Bertz CT molecular complexity index is 654. The molecule has 6 nitrogen and oxygen atoms in total. The smallest absolute Gasteiger partial charge is 0.347 e. The van der Waals surface area contributed by atoms with Crippen molar-refractivity contribution in [3.8, 4) is 0 Å². The highest BCUT2D eigenvalue weighted by Gasteiger charge is 2.17. The first kappa shape index (κ1) is 13.5. The maximum atomic E-state index is 11.3. The van der Waals surface area contributed by atoms with Crippen molar-refractivity contribution in [2.75, 3.05) is 0 Å². The number of rotatable bonds is 4. The third kappa shape index (κ3) is 2.91. The van der Waals surface area contributed by atoms with Gasteiger partial charge in [0.15, 0.2) is 4.34 Å². The molecule has 0 aromatic carbocycles. The quantitative estimate of drug-likeness (QED) is 0.890. The SMILES string of the molecule is Cc1nc(Sc2ncccc2C(N)=O)sc1C(=O)O. The minimum Gasteiger partial charge on any atom is -0.477 e. The number of thiazole rings is 1. The van der Waals surface area contributed by atoms with Gasteiger partial charge in [-0.05, 0) is 30.8 Å². The van der Waals surface area contributed by atoms with Crippen molar-refractivity contribution in [2.45, 2.75) is 16.3 Å². The molecule has 2 rings (SSSR count). The first-order chi connectivity index (χ1) is 8.99. The number of primary amides is 1. The van der Waals surface area contributed by atoms with Gasteiger partial charge in [0.1, 0.15) is 9.90 Å². The maximum Gasteiger partial charge on any atom is 0.347 e.